The first-order valence-electron chi connectivity index (χ1n) is 5.92. The zero-order valence-electron chi connectivity index (χ0n) is 10.3. The molecule has 0 heterocycles. The number of para-hydroxylation sites is 1. The summed E-state index contributed by atoms with van der Waals surface area (Å²) in [5.41, 5.74) is 0.489. The molecule has 92 valence electrons. The summed E-state index contributed by atoms with van der Waals surface area (Å²) in [5, 5.41) is 0. The topological polar surface area (TPSA) is 43.4 Å². The number of hydrogen-bond acceptors (Lipinski definition) is 3. The molecule has 0 saturated carbocycles. The number of ketones is 1. The fraction of sp³-hybridized carbons (Fsp3) is 0.429. The van der Waals surface area contributed by atoms with Gasteiger partial charge in [-0.25, -0.2) is 0 Å². The third-order valence-corrected chi connectivity index (χ3v) is 2.53. The molecule has 0 N–H and O–H groups in total. The molecule has 3 nitrogen and oxygen atoms in total. The summed E-state index contributed by atoms with van der Waals surface area (Å²) in [6, 6.07) is 7.06. The largest absolute Gasteiger partial charge is 0.493 e. The van der Waals surface area contributed by atoms with Gasteiger partial charge in [0.15, 0.2) is 5.78 Å². The number of rotatable bonds is 7. The van der Waals surface area contributed by atoms with Gasteiger partial charge in [-0.2, -0.15) is 0 Å². The van der Waals surface area contributed by atoms with E-state index in [2.05, 4.69) is 6.92 Å². The number of Topliss-reactive ketones (excluding diaryl/α,β-unsaturated/α-hetero) is 1. The molecule has 0 amide bonds. The van der Waals surface area contributed by atoms with Crippen LogP contribution in [-0.2, 0) is 4.79 Å². The van der Waals surface area contributed by atoms with Gasteiger partial charge in [0.2, 0.25) is 0 Å². The van der Waals surface area contributed by atoms with Crippen LogP contribution in [0.3, 0.4) is 0 Å². The minimum absolute atomic E-state index is 0.188. The van der Waals surface area contributed by atoms with Crippen LogP contribution < -0.4 is 4.74 Å². The smallest absolute Gasteiger partial charge is 0.176 e. The molecule has 0 aliphatic rings. The molecule has 0 bridgehead atoms. The maximum absolute atomic E-state index is 11.9. The van der Waals surface area contributed by atoms with Gasteiger partial charge in [0.25, 0.3) is 0 Å². The Labute approximate surface area is 102 Å². The van der Waals surface area contributed by atoms with Crippen molar-refractivity contribution in [3.63, 3.8) is 0 Å². The van der Waals surface area contributed by atoms with Crippen LogP contribution in [0.15, 0.2) is 24.3 Å². The number of ether oxygens (including phenoxy) is 1. The number of hydrogen-bond donors (Lipinski definition) is 0. The quantitative estimate of drug-likeness (QED) is 0.315. The Hall–Kier alpha value is -1.64. The molecule has 0 fully saturated rings. The first kappa shape index (κ1) is 13.4. The Kier molecular flexibility index (Phi) is 5.40. The van der Waals surface area contributed by atoms with Crippen molar-refractivity contribution in [3.8, 4) is 5.75 Å². The van der Waals surface area contributed by atoms with E-state index in [-0.39, 0.29) is 5.78 Å². The van der Waals surface area contributed by atoms with Crippen molar-refractivity contribution >= 4 is 12.1 Å². The van der Waals surface area contributed by atoms with Crippen molar-refractivity contribution in [2.75, 3.05) is 6.61 Å². The zero-order valence-corrected chi connectivity index (χ0v) is 10.3. The lowest BCUT2D eigenvalue weighted by Gasteiger charge is -2.11. The minimum atomic E-state index is -0.620. The highest BCUT2D eigenvalue weighted by atomic mass is 16.5. The van der Waals surface area contributed by atoms with E-state index in [4.69, 9.17) is 4.74 Å². The van der Waals surface area contributed by atoms with E-state index in [1.807, 2.05) is 6.07 Å². The number of unbranched alkanes of at least 4 members (excludes halogenated alkanes) is 1. The zero-order chi connectivity index (χ0) is 12.7. The molecule has 1 aromatic carbocycles. The van der Waals surface area contributed by atoms with Crippen molar-refractivity contribution in [1.29, 1.82) is 0 Å². The van der Waals surface area contributed by atoms with Crippen LogP contribution in [0.5, 0.6) is 5.75 Å². The fourth-order valence-electron chi connectivity index (χ4n) is 1.43. The first-order chi connectivity index (χ1) is 8.20. The first-order valence-corrected chi connectivity index (χ1v) is 5.92. The van der Waals surface area contributed by atoms with Crippen molar-refractivity contribution in [2.24, 2.45) is 5.92 Å². The molecule has 1 atom stereocenters. The van der Waals surface area contributed by atoms with Crippen molar-refractivity contribution in [3.05, 3.63) is 29.8 Å². The van der Waals surface area contributed by atoms with E-state index in [0.29, 0.717) is 24.2 Å². The maximum Gasteiger partial charge on any atom is 0.176 e. The van der Waals surface area contributed by atoms with Gasteiger partial charge in [0.05, 0.1) is 18.1 Å². The summed E-state index contributed by atoms with van der Waals surface area (Å²) < 4.78 is 5.56. The molecule has 0 saturated heterocycles. The van der Waals surface area contributed by atoms with Crippen LogP contribution in [0.25, 0.3) is 0 Å². The molecular formula is C14H18O3. The van der Waals surface area contributed by atoms with Gasteiger partial charge in [-0.05, 0) is 25.5 Å². The second-order valence-corrected chi connectivity index (χ2v) is 3.99. The average molecular weight is 234 g/mol. The molecule has 3 heteroatoms. The fourth-order valence-corrected chi connectivity index (χ4v) is 1.43. The predicted molar refractivity (Wildman–Crippen MR) is 66.4 cm³/mol. The Bertz CT molecular complexity index is 385. The molecule has 0 aliphatic carbocycles. The van der Waals surface area contributed by atoms with Crippen LogP contribution in [0.1, 0.15) is 37.0 Å². The molecule has 1 unspecified atom stereocenters. The van der Waals surface area contributed by atoms with Gasteiger partial charge in [-0.15, -0.1) is 0 Å². The highest BCUT2D eigenvalue weighted by Crippen LogP contribution is 2.21. The second kappa shape index (κ2) is 6.84. The average Bonchev–Trinajstić information content (AvgIpc) is 2.38. The van der Waals surface area contributed by atoms with Crippen LogP contribution in [-0.4, -0.2) is 18.7 Å². The molecule has 1 rings (SSSR count). The molecule has 1 aromatic rings. The second-order valence-electron chi connectivity index (χ2n) is 3.99. The summed E-state index contributed by atoms with van der Waals surface area (Å²) in [5.74, 6) is -0.238. The van der Waals surface area contributed by atoms with Crippen molar-refractivity contribution in [2.45, 2.75) is 26.7 Å². The summed E-state index contributed by atoms with van der Waals surface area (Å²) in [6.07, 6.45) is 2.65. The SMILES string of the molecule is CCCCOc1ccccc1C(=O)C(C)C=O. The van der Waals surface area contributed by atoms with Crippen LogP contribution >= 0.6 is 0 Å². The van der Waals surface area contributed by atoms with E-state index in [1.165, 1.54) is 0 Å². The molecule has 0 aliphatic heterocycles. The van der Waals surface area contributed by atoms with Crippen LogP contribution in [0.2, 0.25) is 0 Å². The standard InChI is InChI=1S/C14H18O3/c1-3-4-9-17-13-8-6-5-7-12(13)14(16)11(2)10-15/h5-8,10-11H,3-4,9H2,1-2H3. The highest BCUT2D eigenvalue weighted by Gasteiger charge is 2.18. The Morgan fingerprint density at radius 3 is 2.76 bits per heavy atom. The van der Waals surface area contributed by atoms with E-state index >= 15 is 0 Å². The van der Waals surface area contributed by atoms with Crippen molar-refractivity contribution in [1.82, 2.24) is 0 Å². The van der Waals surface area contributed by atoms with Gasteiger partial charge in [0.1, 0.15) is 12.0 Å². The van der Waals surface area contributed by atoms with Gasteiger partial charge < -0.3 is 9.53 Å². The summed E-state index contributed by atoms with van der Waals surface area (Å²) in [7, 11) is 0. The lowest BCUT2D eigenvalue weighted by atomic mass is 10.00. The third kappa shape index (κ3) is 3.70. The van der Waals surface area contributed by atoms with Gasteiger partial charge in [0, 0.05) is 0 Å². The number of carbonyl (C=O) groups excluding carboxylic acids is 2. The number of benzene rings is 1. The maximum atomic E-state index is 11.9. The minimum Gasteiger partial charge on any atom is -0.493 e. The molecule has 0 spiro atoms. The van der Waals surface area contributed by atoms with Crippen LogP contribution in [0.4, 0.5) is 0 Å². The summed E-state index contributed by atoms with van der Waals surface area (Å²) in [4.78, 5) is 22.5. The van der Waals surface area contributed by atoms with Gasteiger partial charge in [-0.1, -0.05) is 25.5 Å². The molecule has 0 radical (unpaired) electrons. The Balaban J connectivity index is 2.83. The molecule has 0 aromatic heterocycles. The van der Waals surface area contributed by atoms with Crippen LogP contribution in [0, 0.1) is 5.92 Å². The van der Waals surface area contributed by atoms with Gasteiger partial charge >= 0.3 is 0 Å². The Morgan fingerprint density at radius 2 is 2.12 bits per heavy atom. The normalized spacial score (nSPS) is 11.9. The van der Waals surface area contributed by atoms with Gasteiger partial charge in [-0.3, -0.25) is 4.79 Å². The Morgan fingerprint density at radius 1 is 1.41 bits per heavy atom. The summed E-state index contributed by atoms with van der Waals surface area (Å²) >= 11 is 0. The van der Waals surface area contributed by atoms with E-state index < -0.39 is 5.92 Å². The number of carbonyl (C=O) groups is 2. The van der Waals surface area contributed by atoms with E-state index in [1.54, 1.807) is 25.1 Å². The number of aldehydes is 1. The lowest BCUT2D eigenvalue weighted by molar-refractivity contribution is -0.109. The monoisotopic (exact) mass is 234 g/mol. The molecular weight excluding hydrogens is 216 g/mol. The predicted octanol–water partition coefficient (Wildman–Crippen LogP) is 2.88. The van der Waals surface area contributed by atoms with E-state index in [0.717, 1.165) is 12.8 Å². The van der Waals surface area contributed by atoms with Crippen molar-refractivity contribution < 1.29 is 14.3 Å². The summed E-state index contributed by atoms with van der Waals surface area (Å²) in [6.45, 7) is 4.27. The third-order valence-electron chi connectivity index (χ3n) is 2.53. The van der Waals surface area contributed by atoms with E-state index in [9.17, 15) is 9.59 Å². The molecule has 17 heavy (non-hydrogen) atoms. The highest BCUT2D eigenvalue weighted by molar-refractivity contribution is 6.06. The lowest BCUT2D eigenvalue weighted by Crippen LogP contribution is -2.14.